The molecule has 0 bridgehead atoms. The number of nitrogens with two attached hydrogens (primary N) is 1. The average Bonchev–Trinajstić information content (AvgIpc) is 3.26. The van der Waals surface area contributed by atoms with Gasteiger partial charge in [0.2, 0.25) is 5.95 Å². The van der Waals surface area contributed by atoms with Crippen molar-refractivity contribution in [2.45, 2.75) is 38.6 Å². The second-order valence-electron chi connectivity index (χ2n) is 6.99. The van der Waals surface area contributed by atoms with Crippen molar-refractivity contribution in [1.29, 1.82) is 0 Å². The topological polar surface area (TPSA) is 101 Å². The quantitative estimate of drug-likeness (QED) is 0.756. The standard InChI is InChI=1S/C19H22N6O/c1-11(2)14-10-15(24-19(20)23-14)18(26)25-9-5-8-16(25)17-21-12-6-3-4-7-13(12)22-17/h3-4,6-7,10-11,16H,5,8-9H2,1-2H3,(H,21,22)(H2,20,23,24)/t16-/m1/s1. The van der Waals surface area contributed by atoms with Crippen LogP contribution in [0.15, 0.2) is 30.3 Å². The molecule has 134 valence electrons. The number of para-hydroxylation sites is 2. The molecule has 3 heterocycles. The Hall–Kier alpha value is -2.96. The number of fused-ring (bicyclic) bond motifs is 1. The van der Waals surface area contributed by atoms with E-state index in [4.69, 9.17) is 5.73 Å². The SMILES string of the molecule is CC(C)c1cc(C(=O)N2CCC[C@@H]2c2nc3ccccc3[nH]2)nc(N)n1. The van der Waals surface area contributed by atoms with E-state index in [9.17, 15) is 4.79 Å². The molecule has 7 heteroatoms. The van der Waals surface area contributed by atoms with Crippen LogP contribution in [0.4, 0.5) is 5.95 Å². The fourth-order valence-corrected chi connectivity index (χ4v) is 3.46. The zero-order valence-corrected chi connectivity index (χ0v) is 14.9. The molecule has 3 N–H and O–H groups in total. The molecule has 26 heavy (non-hydrogen) atoms. The maximum absolute atomic E-state index is 13.1. The van der Waals surface area contributed by atoms with Crippen LogP contribution < -0.4 is 5.73 Å². The number of nitrogens with one attached hydrogen (secondary N) is 1. The minimum atomic E-state index is -0.121. The van der Waals surface area contributed by atoms with Gasteiger partial charge in [0.1, 0.15) is 11.5 Å². The second kappa shape index (κ2) is 6.40. The third-order valence-corrected chi connectivity index (χ3v) is 4.81. The van der Waals surface area contributed by atoms with Crippen LogP contribution in [0.5, 0.6) is 0 Å². The number of nitrogen functional groups attached to an aromatic ring is 1. The van der Waals surface area contributed by atoms with Crippen molar-refractivity contribution in [1.82, 2.24) is 24.8 Å². The second-order valence-corrected chi connectivity index (χ2v) is 6.99. The number of hydrogen-bond donors (Lipinski definition) is 2. The Morgan fingerprint density at radius 3 is 2.85 bits per heavy atom. The van der Waals surface area contributed by atoms with E-state index in [2.05, 4.69) is 19.9 Å². The van der Waals surface area contributed by atoms with Crippen molar-refractivity contribution >= 4 is 22.9 Å². The Morgan fingerprint density at radius 1 is 1.27 bits per heavy atom. The molecule has 0 spiro atoms. The molecule has 0 radical (unpaired) electrons. The molecule has 1 saturated heterocycles. The number of hydrogen-bond acceptors (Lipinski definition) is 5. The molecule has 1 aromatic carbocycles. The van der Waals surface area contributed by atoms with Crippen LogP contribution in [-0.4, -0.2) is 37.3 Å². The molecule has 3 aromatic rings. The summed E-state index contributed by atoms with van der Waals surface area (Å²) in [6, 6.07) is 9.56. The van der Waals surface area contributed by atoms with E-state index < -0.39 is 0 Å². The number of H-pyrrole nitrogens is 1. The summed E-state index contributed by atoms with van der Waals surface area (Å²) in [5, 5.41) is 0. The van der Waals surface area contributed by atoms with Crippen LogP contribution in [0.25, 0.3) is 11.0 Å². The number of aromatic nitrogens is 4. The maximum atomic E-state index is 13.1. The van der Waals surface area contributed by atoms with Gasteiger partial charge in [-0.15, -0.1) is 0 Å². The lowest BCUT2D eigenvalue weighted by atomic mass is 10.1. The van der Waals surface area contributed by atoms with Crippen LogP contribution in [0.1, 0.15) is 60.7 Å². The number of aromatic amines is 1. The van der Waals surface area contributed by atoms with Gasteiger partial charge in [0, 0.05) is 12.2 Å². The Morgan fingerprint density at radius 2 is 2.08 bits per heavy atom. The van der Waals surface area contributed by atoms with Crippen LogP contribution in [0.3, 0.4) is 0 Å². The number of carbonyl (C=O) groups excluding carboxylic acids is 1. The lowest BCUT2D eigenvalue weighted by molar-refractivity contribution is 0.0724. The monoisotopic (exact) mass is 350 g/mol. The van der Waals surface area contributed by atoms with E-state index in [1.807, 2.05) is 43.0 Å². The number of imidazole rings is 1. The molecule has 0 aliphatic carbocycles. The van der Waals surface area contributed by atoms with Gasteiger partial charge < -0.3 is 15.6 Å². The Bertz CT molecular complexity index is 931. The van der Waals surface area contributed by atoms with E-state index in [0.29, 0.717) is 12.2 Å². The zero-order chi connectivity index (χ0) is 18.3. The lowest BCUT2D eigenvalue weighted by Gasteiger charge is -2.23. The molecular formula is C19H22N6O. The summed E-state index contributed by atoms with van der Waals surface area (Å²) in [6.07, 6.45) is 1.81. The largest absolute Gasteiger partial charge is 0.368 e. The fraction of sp³-hybridized carbons (Fsp3) is 0.368. The highest BCUT2D eigenvalue weighted by Crippen LogP contribution is 2.32. The molecule has 2 aromatic heterocycles. The average molecular weight is 350 g/mol. The first-order valence-corrected chi connectivity index (χ1v) is 8.93. The molecule has 1 amide bonds. The molecule has 1 aliphatic heterocycles. The van der Waals surface area contributed by atoms with E-state index in [0.717, 1.165) is 35.4 Å². The van der Waals surface area contributed by atoms with Gasteiger partial charge in [-0.25, -0.2) is 15.0 Å². The van der Waals surface area contributed by atoms with Gasteiger partial charge in [-0.2, -0.15) is 0 Å². The first-order chi connectivity index (χ1) is 12.5. The Balaban J connectivity index is 1.67. The summed E-state index contributed by atoms with van der Waals surface area (Å²) in [7, 11) is 0. The number of amides is 1. The van der Waals surface area contributed by atoms with Crippen molar-refractivity contribution in [2.24, 2.45) is 0 Å². The van der Waals surface area contributed by atoms with Gasteiger partial charge in [-0.1, -0.05) is 26.0 Å². The molecule has 1 aliphatic rings. The van der Waals surface area contributed by atoms with Crippen LogP contribution in [-0.2, 0) is 0 Å². The smallest absolute Gasteiger partial charge is 0.273 e. The maximum Gasteiger partial charge on any atom is 0.273 e. The number of carbonyl (C=O) groups is 1. The van der Waals surface area contributed by atoms with E-state index >= 15 is 0 Å². The van der Waals surface area contributed by atoms with Crippen LogP contribution in [0.2, 0.25) is 0 Å². The van der Waals surface area contributed by atoms with Crippen molar-refractivity contribution in [3.05, 3.63) is 47.5 Å². The van der Waals surface area contributed by atoms with E-state index in [1.54, 1.807) is 6.07 Å². The summed E-state index contributed by atoms with van der Waals surface area (Å²) in [6.45, 7) is 4.72. The lowest BCUT2D eigenvalue weighted by Crippen LogP contribution is -2.32. The number of likely N-dealkylation sites (tertiary alicyclic amines) is 1. The molecular weight excluding hydrogens is 328 g/mol. The molecule has 0 unspecified atom stereocenters. The summed E-state index contributed by atoms with van der Waals surface area (Å²) in [5.74, 6) is 1.02. The van der Waals surface area contributed by atoms with Gasteiger partial charge in [0.25, 0.3) is 5.91 Å². The number of rotatable bonds is 3. The first-order valence-electron chi connectivity index (χ1n) is 8.93. The van der Waals surface area contributed by atoms with Crippen molar-refractivity contribution < 1.29 is 4.79 Å². The third-order valence-electron chi connectivity index (χ3n) is 4.81. The van der Waals surface area contributed by atoms with Gasteiger partial charge in [0.15, 0.2) is 0 Å². The van der Waals surface area contributed by atoms with Gasteiger partial charge in [-0.05, 0) is 37.0 Å². The molecule has 1 atom stereocenters. The fourth-order valence-electron chi connectivity index (χ4n) is 3.46. The van der Waals surface area contributed by atoms with E-state index in [-0.39, 0.29) is 23.8 Å². The van der Waals surface area contributed by atoms with E-state index in [1.165, 1.54) is 0 Å². The minimum absolute atomic E-state index is 0.0754. The van der Waals surface area contributed by atoms with Crippen LogP contribution >= 0.6 is 0 Å². The van der Waals surface area contributed by atoms with Gasteiger partial charge >= 0.3 is 0 Å². The van der Waals surface area contributed by atoms with Crippen molar-refractivity contribution in [3.63, 3.8) is 0 Å². The minimum Gasteiger partial charge on any atom is -0.368 e. The summed E-state index contributed by atoms with van der Waals surface area (Å²) in [4.78, 5) is 31.4. The number of nitrogens with zero attached hydrogens (tertiary/aromatic N) is 4. The molecule has 7 nitrogen and oxygen atoms in total. The van der Waals surface area contributed by atoms with Gasteiger partial charge in [0.05, 0.1) is 17.1 Å². The Labute approximate surface area is 151 Å². The third kappa shape index (κ3) is 2.89. The van der Waals surface area contributed by atoms with Gasteiger partial charge in [-0.3, -0.25) is 4.79 Å². The summed E-state index contributed by atoms with van der Waals surface area (Å²) in [5.41, 5.74) is 8.84. The predicted octanol–water partition coefficient (Wildman–Crippen LogP) is 3.04. The van der Waals surface area contributed by atoms with Crippen molar-refractivity contribution in [3.8, 4) is 0 Å². The normalized spacial score (nSPS) is 17.3. The zero-order valence-electron chi connectivity index (χ0n) is 14.9. The molecule has 4 rings (SSSR count). The highest BCUT2D eigenvalue weighted by atomic mass is 16.2. The highest BCUT2D eigenvalue weighted by molar-refractivity contribution is 5.93. The molecule has 0 saturated carbocycles. The summed E-state index contributed by atoms with van der Waals surface area (Å²) < 4.78 is 0. The number of anilines is 1. The first kappa shape index (κ1) is 16.5. The Kier molecular flexibility index (Phi) is 4.06. The van der Waals surface area contributed by atoms with Crippen molar-refractivity contribution in [2.75, 3.05) is 12.3 Å². The highest BCUT2D eigenvalue weighted by Gasteiger charge is 2.33. The predicted molar refractivity (Wildman–Crippen MR) is 99.6 cm³/mol. The van der Waals surface area contributed by atoms with Crippen LogP contribution in [0, 0.1) is 0 Å². The summed E-state index contributed by atoms with van der Waals surface area (Å²) >= 11 is 0. The number of benzene rings is 1. The molecule has 1 fully saturated rings.